The molecule has 2 rings (SSSR count). The van der Waals surface area contributed by atoms with E-state index in [1.54, 1.807) is 24.3 Å². The highest BCUT2D eigenvalue weighted by atomic mass is 79.9. The summed E-state index contributed by atoms with van der Waals surface area (Å²) < 4.78 is 10.7. The Morgan fingerprint density at radius 1 is 1.30 bits per heavy atom. The van der Waals surface area contributed by atoms with Gasteiger partial charge in [-0.3, -0.25) is 4.79 Å². The molecule has 23 heavy (non-hydrogen) atoms. The van der Waals surface area contributed by atoms with Gasteiger partial charge in [-0.15, -0.1) is 11.3 Å². The Balaban J connectivity index is 1.90. The lowest BCUT2D eigenvalue weighted by Crippen LogP contribution is -2.11. The van der Waals surface area contributed by atoms with Crippen molar-refractivity contribution in [3.8, 4) is 11.5 Å². The lowest BCUT2D eigenvalue weighted by atomic mass is 10.2. The number of carbonyl (C=O) groups is 2. The second kappa shape index (κ2) is 7.94. The number of ketones is 1. The third-order valence-electron chi connectivity index (χ3n) is 2.81. The van der Waals surface area contributed by atoms with Crippen molar-refractivity contribution in [2.45, 2.75) is 0 Å². The van der Waals surface area contributed by atoms with E-state index in [-0.39, 0.29) is 18.1 Å². The quantitative estimate of drug-likeness (QED) is 0.458. The second-order valence-electron chi connectivity index (χ2n) is 4.40. The number of benzene rings is 1. The van der Waals surface area contributed by atoms with Crippen LogP contribution < -0.4 is 4.74 Å². The normalized spacial score (nSPS) is 10.7. The molecule has 0 fully saturated rings. The molecule has 0 radical (unpaired) electrons. The Morgan fingerprint density at radius 3 is 2.74 bits per heavy atom. The van der Waals surface area contributed by atoms with E-state index in [2.05, 4.69) is 15.9 Å². The number of rotatable bonds is 6. The Kier molecular flexibility index (Phi) is 5.95. The molecule has 1 N–H and O–H groups in total. The number of hydrogen-bond acceptors (Lipinski definition) is 6. The van der Waals surface area contributed by atoms with Gasteiger partial charge >= 0.3 is 5.97 Å². The summed E-state index contributed by atoms with van der Waals surface area (Å²) in [7, 11) is 1.44. The molecule has 0 bridgehead atoms. The van der Waals surface area contributed by atoms with Gasteiger partial charge in [0.05, 0.1) is 15.8 Å². The molecule has 7 heteroatoms. The van der Waals surface area contributed by atoms with Crippen molar-refractivity contribution >= 4 is 45.1 Å². The number of carbonyl (C=O) groups excluding carboxylic acids is 2. The average Bonchev–Trinajstić information content (AvgIpc) is 2.98. The third kappa shape index (κ3) is 4.94. The summed E-state index contributed by atoms with van der Waals surface area (Å²) in [5.41, 5.74) is 0.658. The van der Waals surface area contributed by atoms with Gasteiger partial charge < -0.3 is 14.6 Å². The van der Waals surface area contributed by atoms with Crippen LogP contribution in [0.25, 0.3) is 6.08 Å². The number of halogens is 1. The zero-order valence-corrected chi connectivity index (χ0v) is 14.5. The molecule has 0 atom stereocenters. The summed E-state index contributed by atoms with van der Waals surface area (Å²) in [5.74, 6) is -0.561. The summed E-state index contributed by atoms with van der Waals surface area (Å²) in [6, 6.07) is 8.09. The first-order chi connectivity index (χ1) is 11.0. The maximum atomic E-state index is 11.8. The minimum Gasteiger partial charge on any atom is -0.504 e. The van der Waals surface area contributed by atoms with E-state index in [9.17, 15) is 14.7 Å². The molecule has 0 aliphatic heterocycles. The van der Waals surface area contributed by atoms with Crippen molar-refractivity contribution in [2.75, 3.05) is 13.7 Å². The van der Waals surface area contributed by atoms with E-state index in [4.69, 9.17) is 9.47 Å². The van der Waals surface area contributed by atoms with Crippen molar-refractivity contribution in [3.63, 3.8) is 0 Å². The van der Waals surface area contributed by atoms with Crippen LogP contribution in [0.4, 0.5) is 0 Å². The van der Waals surface area contributed by atoms with E-state index < -0.39 is 5.97 Å². The van der Waals surface area contributed by atoms with Crippen LogP contribution in [0, 0.1) is 0 Å². The lowest BCUT2D eigenvalue weighted by molar-refractivity contribution is -0.136. The molecule has 120 valence electrons. The van der Waals surface area contributed by atoms with Crippen molar-refractivity contribution in [1.82, 2.24) is 0 Å². The molecular weight excluding hydrogens is 384 g/mol. The zero-order chi connectivity index (χ0) is 16.8. The number of methoxy groups -OCH3 is 1. The van der Waals surface area contributed by atoms with Crippen LogP contribution in [0.3, 0.4) is 0 Å². The maximum Gasteiger partial charge on any atom is 0.331 e. The Labute approximate surface area is 145 Å². The van der Waals surface area contributed by atoms with Crippen molar-refractivity contribution in [2.24, 2.45) is 0 Å². The van der Waals surface area contributed by atoms with Crippen LogP contribution in [0.1, 0.15) is 15.2 Å². The molecule has 1 heterocycles. The Bertz CT molecular complexity index is 751. The van der Waals surface area contributed by atoms with Crippen LogP contribution in [-0.2, 0) is 9.53 Å². The van der Waals surface area contributed by atoms with Gasteiger partial charge in [0.15, 0.2) is 18.1 Å². The maximum absolute atomic E-state index is 11.8. The first-order valence-corrected chi connectivity index (χ1v) is 8.11. The topological polar surface area (TPSA) is 72.8 Å². The molecule has 5 nitrogen and oxygen atoms in total. The van der Waals surface area contributed by atoms with Gasteiger partial charge in [0.2, 0.25) is 5.78 Å². The monoisotopic (exact) mass is 396 g/mol. The molecule has 2 aromatic rings. The van der Waals surface area contributed by atoms with E-state index >= 15 is 0 Å². The Morgan fingerprint density at radius 2 is 2.09 bits per heavy atom. The summed E-state index contributed by atoms with van der Waals surface area (Å²) in [6.45, 7) is -0.310. The lowest BCUT2D eigenvalue weighted by Gasteiger charge is -2.03. The zero-order valence-electron chi connectivity index (χ0n) is 12.1. The number of phenolic OH excluding ortho intramolecular Hbond substituents is 1. The second-order valence-corrected chi connectivity index (χ2v) is 6.86. The van der Waals surface area contributed by atoms with Gasteiger partial charge in [0.25, 0.3) is 0 Å². The molecule has 0 aliphatic rings. The minimum atomic E-state index is -0.624. The highest BCUT2D eigenvalue weighted by molar-refractivity contribution is 9.11. The third-order valence-corrected chi connectivity index (χ3v) is 4.47. The van der Waals surface area contributed by atoms with E-state index in [0.29, 0.717) is 16.2 Å². The summed E-state index contributed by atoms with van der Waals surface area (Å²) >= 11 is 4.55. The molecule has 0 saturated heterocycles. The van der Waals surface area contributed by atoms with Crippen molar-refractivity contribution in [3.05, 3.63) is 50.6 Å². The fraction of sp³-hybridized carbons (Fsp3) is 0.125. The van der Waals surface area contributed by atoms with Crippen LogP contribution in [0.5, 0.6) is 11.5 Å². The van der Waals surface area contributed by atoms with Gasteiger partial charge in [-0.05, 0) is 51.8 Å². The molecule has 1 aromatic heterocycles. The first kappa shape index (κ1) is 17.2. The number of thiophene rings is 1. The predicted octanol–water partition coefficient (Wildman–Crippen LogP) is 3.66. The summed E-state index contributed by atoms with van der Waals surface area (Å²) in [6.07, 6.45) is 2.72. The SMILES string of the molecule is COc1cc(C=CC(=O)OCC(=O)c2ccc(Br)s2)ccc1O. The van der Waals surface area contributed by atoms with E-state index in [0.717, 1.165) is 3.79 Å². The number of phenols is 1. The van der Waals surface area contributed by atoms with Crippen molar-refractivity contribution < 1.29 is 24.2 Å². The molecular formula is C16H13BrO5S. The number of aromatic hydroxyl groups is 1. The average molecular weight is 397 g/mol. The first-order valence-electron chi connectivity index (χ1n) is 6.50. The molecule has 0 aliphatic carbocycles. The highest BCUT2D eigenvalue weighted by Gasteiger charge is 2.10. The summed E-state index contributed by atoms with van der Waals surface area (Å²) in [4.78, 5) is 24.0. The largest absolute Gasteiger partial charge is 0.504 e. The van der Waals surface area contributed by atoms with Gasteiger partial charge in [-0.25, -0.2) is 4.79 Å². The van der Waals surface area contributed by atoms with Crippen LogP contribution in [0.15, 0.2) is 40.2 Å². The molecule has 0 unspecified atom stereocenters. The predicted molar refractivity (Wildman–Crippen MR) is 91.0 cm³/mol. The van der Waals surface area contributed by atoms with Gasteiger partial charge in [-0.2, -0.15) is 0 Å². The standard InChI is InChI=1S/C16H13BrO5S/c1-21-13-8-10(2-4-11(13)18)3-7-16(20)22-9-12(19)14-5-6-15(17)23-14/h2-8,18H,9H2,1H3. The van der Waals surface area contributed by atoms with E-state index in [1.807, 2.05) is 0 Å². The number of Topliss-reactive ketones (excluding diaryl/α,β-unsaturated/α-hetero) is 1. The number of esters is 1. The van der Waals surface area contributed by atoms with Gasteiger partial charge in [0, 0.05) is 6.08 Å². The number of ether oxygens (including phenoxy) is 2. The number of hydrogen-bond donors (Lipinski definition) is 1. The van der Waals surface area contributed by atoms with E-state index in [1.165, 1.54) is 36.7 Å². The van der Waals surface area contributed by atoms with Crippen molar-refractivity contribution in [1.29, 1.82) is 0 Å². The fourth-order valence-corrected chi connectivity index (χ4v) is 2.99. The Hall–Kier alpha value is -2.12. The molecule has 0 spiro atoms. The van der Waals surface area contributed by atoms with Gasteiger partial charge in [0.1, 0.15) is 0 Å². The molecule has 0 saturated carbocycles. The van der Waals surface area contributed by atoms with Gasteiger partial charge in [-0.1, -0.05) is 6.07 Å². The van der Waals surface area contributed by atoms with Crippen LogP contribution >= 0.6 is 27.3 Å². The fourth-order valence-electron chi connectivity index (χ4n) is 1.68. The smallest absolute Gasteiger partial charge is 0.331 e. The molecule has 1 aromatic carbocycles. The summed E-state index contributed by atoms with van der Waals surface area (Å²) in [5, 5.41) is 9.49. The molecule has 0 amide bonds. The highest BCUT2D eigenvalue weighted by Crippen LogP contribution is 2.26. The van der Waals surface area contributed by atoms with Crippen LogP contribution in [-0.4, -0.2) is 30.6 Å². The minimum absolute atomic E-state index is 0.0138. The van der Waals surface area contributed by atoms with Crippen LogP contribution in [0.2, 0.25) is 0 Å².